The third-order valence-electron chi connectivity index (χ3n) is 13.3. The molecule has 0 bridgehead atoms. The van der Waals surface area contributed by atoms with Gasteiger partial charge in [0.15, 0.2) is 12.4 Å². The zero-order chi connectivity index (χ0) is 45.1. The van der Waals surface area contributed by atoms with Crippen LogP contribution in [0, 0.1) is 13.8 Å². The fourth-order valence-electron chi connectivity index (χ4n) is 9.63. The Labute approximate surface area is 389 Å². The molecule has 0 unspecified atom stereocenters. The molecule has 0 N–H and O–H groups in total. The molecule has 6 heteroatoms. The van der Waals surface area contributed by atoms with Gasteiger partial charge in [0.25, 0.3) is 0 Å². The fourth-order valence-corrected chi connectivity index (χ4v) is 10.6. The predicted octanol–water partition coefficient (Wildman–Crippen LogP) is 14.6. The number of nitrogens with zero attached hydrogens (tertiary/aromatic N) is 4. The van der Waals surface area contributed by atoms with Crippen LogP contribution in [0.5, 0.6) is 0 Å². The van der Waals surface area contributed by atoms with Gasteiger partial charge in [0, 0.05) is 114 Å². The molecule has 66 heavy (non-hydrogen) atoms. The summed E-state index contributed by atoms with van der Waals surface area (Å²) < 4.78 is 15.3. The van der Waals surface area contributed by atoms with E-state index in [2.05, 4.69) is 249 Å². The van der Waals surface area contributed by atoms with Gasteiger partial charge in [0.1, 0.15) is 25.6 Å². The van der Waals surface area contributed by atoms with Crippen molar-refractivity contribution in [1.29, 1.82) is 0 Å². The van der Waals surface area contributed by atoms with Gasteiger partial charge in [-0.15, -0.1) is 11.3 Å². The first-order chi connectivity index (χ1) is 32.2. The lowest BCUT2D eigenvalue weighted by Gasteiger charge is -2.07. The quantitative estimate of drug-likeness (QED) is 0.153. The van der Waals surface area contributed by atoms with Gasteiger partial charge in [-0.1, -0.05) is 84.9 Å². The molecule has 12 aromatic rings. The van der Waals surface area contributed by atoms with Crippen LogP contribution in [0.4, 0.5) is 0 Å². The van der Waals surface area contributed by atoms with Crippen molar-refractivity contribution in [2.75, 3.05) is 0 Å². The Bertz CT molecular complexity index is 3550. The van der Waals surface area contributed by atoms with Crippen LogP contribution < -0.4 is 9.13 Å². The second-order valence-electron chi connectivity index (χ2n) is 17.4. The Morgan fingerprint density at radius 3 is 1.35 bits per heavy atom. The van der Waals surface area contributed by atoms with Crippen LogP contribution in [0.3, 0.4) is 0 Å². The maximum absolute atomic E-state index is 6.36. The Morgan fingerprint density at radius 1 is 0.394 bits per heavy atom. The zero-order valence-corrected chi connectivity index (χ0v) is 38.9. The highest BCUT2D eigenvalue weighted by Crippen LogP contribution is 2.39. The number of hydrogen-bond acceptors (Lipinski definition) is 2. The summed E-state index contributed by atoms with van der Waals surface area (Å²) in [7, 11) is 8.47. The summed E-state index contributed by atoms with van der Waals surface area (Å²) >= 11 is 1.86. The molecule has 0 spiro atoms. The summed E-state index contributed by atoms with van der Waals surface area (Å²) in [4.78, 5) is 2.59. The fraction of sp³-hybridized carbons (Fsp3) is 0.100. The molecule has 0 atom stereocenters. The van der Waals surface area contributed by atoms with Gasteiger partial charge < -0.3 is 13.6 Å². The topological polar surface area (TPSA) is 30.8 Å². The average Bonchev–Trinajstić information content (AvgIpc) is 4.16. The molecule has 0 amide bonds. The molecule has 0 aliphatic carbocycles. The zero-order valence-electron chi connectivity index (χ0n) is 38.1. The van der Waals surface area contributed by atoms with E-state index >= 15 is 0 Å². The van der Waals surface area contributed by atoms with Crippen LogP contribution >= 0.6 is 11.3 Å². The number of furan rings is 1. The minimum absolute atomic E-state index is 0.877. The first-order valence-electron chi connectivity index (χ1n) is 22.5. The molecule has 320 valence electrons. The van der Waals surface area contributed by atoms with Gasteiger partial charge in [0.05, 0.1) is 0 Å². The molecule has 0 aliphatic heterocycles. The van der Waals surface area contributed by atoms with Gasteiger partial charge >= 0.3 is 0 Å². The summed E-state index contributed by atoms with van der Waals surface area (Å²) in [5.74, 6) is 1.76. The molecule has 12 rings (SSSR count). The van der Waals surface area contributed by atoms with E-state index in [1.165, 1.54) is 98.1 Å². The van der Waals surface area contributed by atoms with Gasteiger partial charge in [0.2, 0.25) is 11.4 Å². The Kier molecular flexibility index (Phi) is 10.3. The Morgan fingerprint density at radius 2 is 0.803 bits per heavy atom. The predicted molar refractivity (Wildman–Crippen MR) is 275 cm³/mol. The number of para-hydroxylation sites is 2. The highest BCUT2D eigenvalue weighted by Gasteiger charge is 2.18. The lowest BCUT2D eigenvalue weighted by atomic mass is 10.0. The highest BCUT2D eigenvalue weighted by molar-refractivity contribution is 7.18. The Hall–Kier alpha value is -7.80. The lowest BCUT2D eigenvalue weighted by molar-refractivity contribution is -0.660. The van der Waals surface area contributed by atoms with E-state index in [1.807, 2.05) is 17.4 Å². The monoisotopic (exact) mass is 874 g/mol. The maximum Gasteiger partial charge on any atom is 0.212 e. The molecule has 0 fully saturated rings. The third kappa shape index (κ3) is 7.20. The Balaban J connectivity index is 0.000000146. The van der Waals surface area contributed by atoms with Crippen molar-refractivity contribution in [3.63, 3.8) is 0 Å². The lowest BCUT2D eigenvalue weighted by Crippen LogP contribution is -2.30. The van der Waals surface area contributed by atoms with E-state index in [0.717, 1.165) is 22.6 Å². The van der Waals surface area contributed by atoms with Crippen LogP contribution in [0.2, 0.25) is 0 Å². The first-order valence-corrected chi connectivity index (χ1v) is 23.3. The van der Waals surface area contributed by atoms with Crippen LogP contribution in [-0.4, -0.2) is 9.13 Å². The van der Waals surface area contributed by atoms with Crippen LogP contribution in [0.15, 0.2) is 199 Å². The number of thiophene rings is 1. The van der Waals surface area contributed by atoms with E-state index in [1.54, 1.807) is 0 Å². The van der Waals surface area contributed by atoms with E-state index < -0.39 is 0 Å². The molecule has 5 nitrogen and oxygen atoms in total. The van der Waals surface area contributed by atoms with Gasteiger partial charge in [-0.05, 0) is 109 Å². The van der Waals surface area contributed by atoms with Crippen molar-refractivity contribution >= 4 is 54.9 Å². The van der Waals surface area contributed by atoms with Crippen LogP contribution in [0.25, 0.3) is 110 Å². The largest absolute Gasteiger partial charge is 0.456 e. The minimum atomic E-state index is 0.877. The molecule has 6 heterocycles. The highest BCUT2D eigenvalue weighted by atomic mass is 32.1. The minimum Gasteiger partial charge on any atom is -0.456 e. The molecular formula is C60H50N4OS+2. The summed E-state index contributed by atoms with van der Waals surface area (Å²) in [6, 6.07) is 65.2. The molecule has 0 aliphatic rings. The van der Waals surface area contributed by atoms with Crippen molar-refractivity contribution in [2.24, 2.45) is 28.2 Å². The van der Waals surface area contributed by atoms with Crippen molar-refractivity contribution < 1.29 is 13.6 Å². The standard InChI is InChI=1S/C30H25N2O.C30H25N2S/c2*1-20-11-12-21(18-25(20)26-9-6-7-17-31(26)2)29-15-16-30(33-29)22-13-14-24-23-8-4-5-10-27(23)32(3)28(24)19-22/h2*4-19H,1-3H3/q2*+1. The first kappa shape index (κ1) is 40.9. The van der Waals surface area contributed by atoms with Crippen LogP contribution in [-0.2, 0) is 28.2 Å². The van der Waals surface area contributed by atoms with Gasteiger partial charge in [-0.25, -0.2) is 9.13 Å². The summed E-state index contributed by atoms with van der Waals surface area (Å²) in [6.07, 6.45) is 4.18. The second-order valence-corrected chi connectivity index (χ2v) is 18.5. The molecule has 0 radical (unpaired) electrons. The van der Waals surface area contributed by atoms with E-state index in [4.69, 9.17) is 4.42 Å². The number of hydrogen-bond donors (Lipinski definition) is 0. The van der Waals surface area contributed by atoms with E-state index in [-0.39, 0.29) is 0 Å². The molecule has 6 aromatic carbocycles. The summed E-state index contributed by atoms with van der Waals surface area (Å²) in [6.45, 7) is 4.34. The van der Waals surface area contributed by atoms with Gasteiger partial charge in [-0.2, -0.15) is 0 Å². The maximum atomic E-state index is 6.36. The van der Waals surface area contributed by atoms with Crippen molar-refractivity contribution in [3.8, 4) is 66.0 Å². The van der Waals surface area contributed by atoms with E-state index in [9.17, 15) is 0 Å². The van der Waals surface area contributed by atoms with Crippen LogP contribution in [0.1, 0.15) is 11.1 Å². The number of aromatic nitrogens is 4. The number of aryl methyl sites for hydroxylation is 6. The number of pyridine rings is 2. The SMILES string of the molecule is Cc1ccc(-c2ccc(-c3ccc4c5ccccc5n(C)c4c3)o2)cc1-c1cccc[n+]1C.Cc1ccc(-c2ccc(-c3ccc4c5ccccc5n(C)c4c3)s2)cc1-c1cccc[n+]1C. The smallest absolute Gasteiger partial charge is 0.212 e. The molecule has 0 saturated carbocycles. The van der Waals surface area contributed by atoms with Crippen molar-refractivity contribution in [1.82, 2.24) is 9.13 Å². The number of fused-ring (bicyclic) bond motifs is 6. The van der Waals surface area contributed by atoms with Gasteiger partial charge in [-0.3, -0.25) is 0 Å². The third-order valence-corrected chi connectivity index (χ3v) is 14.5. The molecular weight excluding hydrogens is 825 g/mol. The summed E-state index contributed by atoms with van der Waals surface area (Å²) in [5.41, 5.74) is 17.1. The molecule has 0 saturated heterocycles. The molecule has 6 aromatic heterocycles. The van der Waals surface area contributed by atoms with Crippen molar-refractivity contribution in [2.45, 2.75) is 13.8 Å². The summed E-state index contributed by atoms with van der Waals surface area (Å²) in [5, 5.41) is 5.17. The average molecular weight is 875 g/mol. The second kappa shape index (κ2) is 16.6. The number of benzene rings is 6. The normalized spacial score (nSPS) is 11.5. The van der Waals surface area contributed by atoms with Crippen molar-refractivity contribution in [3.05, 3.63) is 206 Å². The number of rotatable bonds is 6. The van der Waals surface area contributed by atoms with E-state index in [0.29, 0.717) is 0 Å².